The quantitative estimate of drug-likeness (QED) is 0.405. The van der Waals surface area contributed by atoms with Crippen LogP contribution in [0.2, 0.25) is 0 Å². The lowest BCUT2D eigenvalue weighted by Gasteiger charge is -2.03. The Morgan fingerprint density at radius 3 is 2.93 bits per heavy atom. The Morgan fingerprint density at radius 1 is 1.31 bits per heavy atom. The first-order chi connectivity index (χ1) is 14.0. The first kappa shape index (κ1) is 18.5. The molecule has 1 N–H and O–H groups in total. The molecule has 0 unspecified atom stereocenters. The summed E-state index contributed by atoms with van der Waals surface area (Å²) < 4.78 is 10.4. The van der Waals surface area contributed by atoms with Gasteiger partial charge in [-0.25, -0.2) is 14.6 Å². The summed E-state index contributed by atoms with van der Waals surface area (Å²) in [6.45, 7) is 0.314. The van der Waals surface area contributed by atoms with Crippen molar-refractivity contribution in [2.45, 2.75) is 13.0 Å². The van der Waals surface area contributed by atoms with Gasteiger partial charge in [0.15, 0.2) is 14.6 Å². The van der Waals surface area contributed by atoms with Gasteiger partial charge in [-0.1, -0.05) is 11.3 Å². The van der Waals surface area contributed by atoms with Gasteiger partial charge in [0.1, 0.15) is 16.2 Å². The average Bonchev–Trinajstić information content (AvgIpc) is 3.46. The normalized spacial score (nSPS) is 11.7. The van der Waals surface area contributed by atoms with Gasteiger partial charge in [0.2, 0.25) is 0 Å². The van der Waals surface area contributed by atoms with Crippen LogP contribution in [0.1, 0.15) is 16.4 Å². The van der Waals surface area contributed by atoms with Gasteiger partial charge in [-0.3, -0.25) is 9.89 Å². The summed E-state index contributed by atoms with van der Waals surface area (Å²) in [7, 11) is 3.49. The summed E-state index contributed by atoms with van der Waals surface area (Å²) in [6, 6.07) is 1.82. The molecular formula is C17H14BrN7O2S2. The van der Waals surface area contributed by atoms with Gasteiger partial charge in [0.05, 0.1) is 30.2 Å². The van der Waals surface area contributed by atoms with Crippen molar-refractivity contribution >= 4 is 59.9 Å². The monoisotopic (exact) mass is 491 g/mol. The Kier molecular flexibility index (Phi) is 4.48. The van der Waals surface area contributed by atoms with Crippen LogP contribution in [0.4, 0.5) is 0 Å². The van der Waals surface area contributed by atoms with Crippen molar-refractivity contribution in [2.24, 2.45) is 7.05 Å². The molecule has 0 aliphatic rings. The Hall–Kier alpha value is -2.57. The predicted octanol–water partition coefficient (Wildman–Crippen LogP) is 2.93. The molecule has 0 fully saturated rings. The van der Waals surface area contributed by atoms with Crippen LogP contribution < -0.4 is 10.3 Å². The molecule has 0 atom stereocenters. The number of methoxy groups -OCH3 is 1. The highest BCUT2D eigenvalue weighted by atomic mass is 79.9. The SMILES string of the molecule is COc1sc(Br)nc1Cc1nc2c(s1)c1cnn(Cc3cc[nH]n3)c(=O)c1n2C. The van der Waals surface area contributed by atoms with Crippen molar-refractivity contribution in [3.63, 3.8) is 0 Å². The molecule has 0 aliphatic heterocycles. The maximum atomic E-state index is 13.0. The molecule has 0 spiro atoms. The van der Waals surface area contributed by atoms with Gasteiger partial charge >= 0.3 is 0 Å². The maximum absolute atomic E-state index is 13.0. The Balaban J connectivity index is 1.57. The first-order valence-corrected chi connectivity index (χ1v) is 11.0. The van der Waals surface area contributed by atoms with Crippen molar-refractivity contribution in [2.75, 3.05) is 7.11 Å². The number of ether oxygens (including phenoxy) is 1. The number of aromatic nitrogens is 7. The van der Waals surface area contributed by atoms with Gasteiger partial charge in [-0.15, -0.1) is 11.3 Å². The van der Waals surface area contributed by atoms with Crippen LogP contribution >= 0.6 is 38.6 Å². The zero-order valence-corrected chi connectivity index (χ0v) is 18.6. The molecule has 12 heteroatoms. The second kappa shape index (κ2) is 7.04. The number of thiazole rings is 2. The van der Waals surface area contributed by atoms with Crippen molar-refractivity contribution in [1.82, 2.24) is 34.5 Å². The van der Waals surface area contributed by atoms with E-state index in [0.29, 0.717) is 18.5 Å². The summed E-state index contributed by atoms with van der Waals surface area (Å²) in [6.07, 6.45) is 4.02. The highest BCUT2D eigenvalue weighted by Crippen LogP contribution is 2.35. The molecule has 0 aliphatic carbocycles. The van der Waals surface area contributed by atoms with Gasteiger partial charge in [-0.2, -0.15) is 10.2 Å². The van der Waals surface area contributed by atoms with Crippen LogP contribution in [-0.2, 0) is 20.0 Å². The highest BCUT2D eigenvalue weighted by Gasteiger charge is 2.20. The van der Waals surface area contributed by atoms with E-state index in [1.165, 1.54) is 16.0 Å². The number of aryl methyl sites for hydroxylation is 1. The van der Waals surface area contributed by atoms with Crippen LogP contribution in [0.5, 0.6) is 5.06 Å². The second-order valence-corrected chi connectivity index (χ2v) is 9.66. The van der Waals surface area contributed by atoms with Crippen LogP contribution in [0.15, 0.2) is 27.2 Å². The summed E-state index contributed by atoms with van der Waals surface area (Å²) in [5, 5.41) is 13.7. The van der Waals surface area contributed by atoms with Crippen molar-refractivity contribution < 1.29 is 4.74 Å². The summed E-state index contributed by atoms with van der Waals surface area (Å²) in [5.41, 5.74) is 2.78. The maximum Gasteiger partial charge on any atom is 0.291 e. The molecule has 0 bridgehead atoms. The Labute approximate surface area is 180 Å². The summed E-state index contributed by atoms with van der Waals surface area (Å²) in [5.74, 6) is 0. The molecule has 0 aromatic carbocycles. The standard InChI is InChI=1S/C17H14BrN7O2S2/c1-24-12-9(6-20-25(15(12)26)7-8-3-4-19-23-8)13-14(24)22-11(28-13)5-10-16(27-2)29-17(18)21-10/h3-4,6H,5,7H2,1-2H3,(H,19,23). The smallest absolute Gasteiger partial charge is 0.291 e. The van der Waals surface area contributed by atoms with E-state index in [4.69, 9.17) is 9.72 Å². The van der Waals surface area contributed by atoms with E-state index in [9.17, 15) is 4.79 Å². The Morgan fingerprint density at radius 2 is 2.17 bits per heavy atom. The van der Waals surface area contributed by atoms with Gasteiger partial charge in [0, 0.05) is 25.1 Å². The fourth-order valence-electron chi connectivity index (χ4n) is 3.28. The molecule has 0 radical (unpaired) electrons. The van der Waals surface area contributed by atoms with E-state index < -0.39 is 0 Å². The van der Waals surface area contributed by atoms with Crippen LogP contribution in [-0.4, -0.2) is 41.6 Å². The highest BCUT2D eigenvalue weighted by molar-refractivity contribution is 9.11. The van der Waals surface area contributed by atoms with E-state index in [1.807, 2.05) is 17.7 Å². The zero-order chi connectivity index (χ0) is 20.1. The largest absolute Gasteiger partial charge is 0.486 e. The van der Waals surface area contributed by atoms with Crippen LogP contribution in [0, 0.1) is 0 Å². The van der Waals surface area contributed by atoms with Crippen molar-refractivity contribution in [3.05, 3.63) is 49.1 Å². The molecule has 9 nitrogen and oxygen atoms in total. The fourth-order valence-corrected chi connectivity index (χ4v) is 5.67. The molecule has 5 aromatic rings. The topological polar surface area (TPSA) is 104 Å². The van der Waals surface area contributed by atoms with Gasteiger partial charge in [0.25, 0.3) is 5.56 Å². The summed E-state index contributed by atoms with van der Waals surface area (Å²) >= 11 is 6.39. The number of hydrogen-bond acceptors (Lipinski definition) is 8. The van der Waals surface area contributed by atoms with Crippen LogP contribution in [0.25, 0.3) is 21.3 Å². The molecular weight excluding hydrogens is 478 g/mol. The predicted molar refractivity (Wildman–Crippen MR) is 115 cm³/mol. The fraction of sp³-hybridized carbons (Fsp3) is 0.235. The van der Waals surface area contributed by atoms with E-state index in [-0.39, 0.29) is 5.56 Å². The number of nitrogens with zero attached hydrogens (tertiary/aromatic N) is 6. The second-order valence-electron chi connectivity index (χ2n) is 6.34. The molecule has 5 heterocycles. The lowest BCUT2D eigenvalue weighted by atomic mass is 10.3. The number of aromatic amines is 1. The molecule has 0 saturated heterocycles. The molecule has 0 amide bonds. The van der Waals surface area contributed by atoms with E-state index in [0.717, 1.165) is 41.1 Å². The molecule has 29 heavy (non-hydrogen) atoms. The first-order valence-electron chi connectivity index (χ1n) is 8.57. The lowest BCUT2D eigenvalue weighted by Crippen LogP contribution is -2.24. The number of hydrogen-bond donors (Lipinski definition) is 1. The third-order valence-electron chi connectivity index (χ3n) is 4.58. The van der Waals surface area contributed by atoms with E-state index in [1.54, 1.807) is 30.8 Å². The molecule has 5 rings (SSSR count). The number of halogens is 1. The van der Waals surface area contributed by atoms with E-state index in [2.05, 4.69) is 36.2 Å². The number of fused-ring (bicyclic) bond motifs is 3. The molecule has 148 valence electrons. The minimum Gasteiger partial charge on any atom is -0.486 e. The lowest BCUT2D eigenvalue weighted by molar-refractivity contribution is 0.421. The van der Waals surface area contributed by atoms with Crippen molar-refractivity contribution in [3.8, 4) is 5.06 Å². The number of H-pyrrole nitrogens is 1. The number of rotatable bonds is 5. The minimum atomic E-state index is -0.162. The molecule has 0 saturated carbocycles. The third-order valence-corrected chi connectivity index (χ3v) is 7.17. The van der Waals surface area contributed by atoms with Gasteiger partial charge in [-0.05, 0) is 22.0 Å². The summed E-state index contributed by atoms with van der Waals surface area (Å²) in [4.78, 5) is 22.2. The zero-order valence-electron chi connectivity index (χ0n) is 15.3. The molecule has 5 aromatic heterocycles. The van der Waals surface area contributed by atoms with E-state index >= 15 is 0 Å². The minimum absolute atomic E-state index is 0.162. The van der Waals surface area contributed by atoms with Gasteiger partial charge < -0.3 is 9.30 Å². The third kappa shape index (κ3) is 3.07. The number of nitrogens with one attached hydrogen (secondary N) is 1. The average molecular weight is 492 g/mol. The Bertz CT molecular complexity index is 1400. The van der Waals surface area contributed by atoms with Crippen LogP contribution in [0.3, 0.4) is 0 Å². The van der Waals surface area contributed by atoms with Crippen molar-refractivity contribution in [1.29, 1.82) is 0 Å².